The second kappa shape index (κ2) is 4.63. The summed E-state index contributed by atoms with van der Waals surface area (Å²) >= 11 is 0. The minimum absolute atomic E-state index is 0.570. The van der Waals surface area contributed by atoms with Crippen molar-refractivity contribution in [3.05, 3.63) is 41.6 Å². The quantitative estimate of drug-likeness (QED) is 0.784. The third-order valence-electron chi connectivity index (χ3n) is 3.45. The van der Waals surface area contributed by atoms with Gasteiger partial charge in [0.1, 0.15) is 0 Å². The lowest BCUT2D eigenvalue weighted by Gasteiger charge is -2.40. The number of benzene rings is 1. The Labute approximate surface area is 103 Å². The molecule has 0 aromatic heterocycles. The summed E-state index contributed by atoms with van der Waals surface area (Å²) in [5.74, 6) is 0. The van der Waals surface area contributed by atoms with Crippen molar-refractivity contribution in [2.24, 2.45) is 0 Å². The molecule has 0 amide bonds. The van der Waals surface area contributed by atoms with E-state index in [1.165, 1.54) is 24.8 Å². The third kappa shape index (κ3) is 2.19. The zero-order valence-corrected chi connectivity index (χ0v) is 10.5. The molecule has 1 aromatic carbocycles. The maximum atomic E-state index is 8.99. The number of rotatable bonds is 3. The molecule has 0 aliphatic heterocycles. The molecule has 0 N–H and O–H groups in total. The fourth-order valence-electron chi connectivity index (χ4n) is 2.30. The van der Waals surface area contributed by atoms with E-state index in [1.807, 2.05) is 25.1 Å². The van der Waals surface area contributed by atoms with Gasteiger partial charge in [-0.2, -0.15) is 5.26 Å². The minimum atomic E-state index is 0.570. The van der Waals surface area contributed by atoms with Gasteiger partial charge in [-0.05, 0) is 50.8 Å². The fraction of sp³-hybridized carbons (Fsp3) is 0.400. The highest BCUT2D eigenvalue weighted by Gasteiger charge is 2.26. The zero-order chi connectivity index (χ0) is 12.4. The van der Waals surface area contributed by atoms with E-state index in [2.05, 4.69) is 24.5 Å². The molecule has 0 radical (unpaired) electrons. The molecule has 0 atom stereocenters. The van der Waals surface area contributed by atoms with Crippen molar-refractivity contribution in [2.45, 2.75) is 39.2 Å². The molecule has 1 aliphatic carbocycles. The van der Waals surface area contributed by atoms with E-state index in [1.54, 1.807) is 0 Å². The molecular weight excluding hydrogens is 208 g/mol. The van der Waals surface area contributed by atoms with Crippen LogP contribution in [0.1, 0.15) is 37.3 Å². The van der Waals surface area contributed by atoms with Crippen LogP contribution in [0.25, 0.3) is 0 Å². The summed E-state index contributed by atoms with van der Waals surface area (Å²) in [6.07, 6.45) is 3.75. The first-order valence-electron chi connectivity index (χ1n) is 6.09. The molecule has 1 aromatic rings. The first-order valence-corrected chi connectivity index (χ1v) is 6.09. The molecular formula is C15H18N2. The Morgan fingerprint density at radius 1 is 1.47 bits per heavy atom. The second-order valence-electron chi connectivity index (χ2n) is 4.80. The van der Waals surface area contributed by atoms with Gasteiger partial charge in [0.15, 0.2) is 0 Å². The van der Waals surface area contributed by atoms with E-state index in [0.717, 1.165) is 16.9 Å². The Kier molecular flexibility index (Phi) is 3.19. The predicted molar refractivity (Wildman–Crippen MR) is 70.8 cm³/mol. The van der Waals surface area contributed by atoms with Crippen LogP contribution in [0.2, 0.25) is 0 Å². The lowest BCUT2D eigenvalue weighted by Crippen LogP contribution is -2.39. The van der Waals surface area contributed by atoms with Crippen LogP contribution in [-0.2, 0) is 0 Å². The van der Waals surface area contributed by atoms with Crippen molar-refractivity contribution >= 4 is 5.69 Å². The van der Waals surface area contributed by atoms with Crippen LogP contribution >= 0.6 is 0 Å². The van der Waals surface area contributed by atoms with Crippen LogP contribution in [-0.4, -0.2) is 6.04 Å². The van der Waals surface area contributed by atoms with Crippen LogP contribution in [0, 0.1) is 18.3 Å². The van der Waals surface area contributed by atoms with E-state index in [0.29, 0.717) is 6.04 Å². The van der Waals surface area contributed by atoms with Gasteiger partial charge in [-0.25, -0.2) is 0 Å². The molecule has 17 heavy (non-hydrogen) atoms. The van der Waals surface area contributed by atoms with E-state index < -0.39 is 0 Å². The Hall–Kier alpha value is -1.75. The number of allylic oxidation sites excluding steroid dienone is 1. The number of hydrogen-bond donors (Lipinski definition) is 0. The van der Waals surface area contributed by atoms with Crippen LogP contribution in [0.5, 0.6) is 0 Å². The monoisotopic (exact) mass is 226 g/mol. The summed E-state index contributed by atoms with van der Waals surface area (Å²) in [7, 11) is 0. The van der Waals surface area contributed by atoms with Gasteiger partial charge in [0.25, 0.3) is 0 Å². The SMILES string of the molecule is C=C(C)N(c1cc(C#N)ccc1C)C1CCC1. The van der Waals surface area contributed by atoms with Crippen molar-refractivity contribution in [3.63, 3.8) is 0 Å². The van der Waals surface area contributed by atoms with Crippen molar-refractivity contribution in [2.75, 3.05) is 4.90 Å². The van der Waals surface area contributed by atoms with Crippen molar-refractivity contribution in [1.82, 2.24) is 0 Å². The summed E-state index contributed by atoms with van der Waals surface area (Å²) in [5, 5.41) is 8.99. The molecule has 2 nitrogen and oxygen atoms in total. The topological polar surface area (TPSA) is 27.0 Å². The number of aryl methyl sites for hydroxylation is 1. The van der Waals surface area contributed by atoms with Gasteiger partial charge >= 0.3 is 0 Å². The van der Waals surface area contributed by atoms with Gasteiger partial charge in [0, 0.05) is 17.4 Å². The number of anilines is 1. The fourth-order valence-corrected chi connectivity index (χ4v) is 2.30. The lowest BCUT2D eigenvalue weighted by molar-refractivity contribution is 0.403. The van der Waals surface area contributed by atoms with Crippen LogP contribution in [0.4, 0.5) is 5.69 Å². The number of nitrogens with zero attached hydrogens (tertiary/aromatic N) is 2. The molecule has 0 unspecified atom stereocenters. The van der Waals surface area contributed by atoms with E-state index in [9.17, 15) is 0 Å². The zero-order valence-electron chi connectivity index (χ0n) is 10.5. The van der Waals surface area contributed by atoms with E-state index >= 15 is 0 Å². The van der Waals surface area contributed by atoms with Crippen molar-refractivity contribution < 1.29 is 0 Å². The summed E-state index contributed by atoms with van der Waals surface area (Å²) in [4.78, 5) is 2.29. The van der Waals surface area contributed by atoms with E-state index in [-0.39, 0.29) is 0 Å². The summed E-state index contributed by atoms with van der Waals surface area (Å²) < 4.78 is 0. The number of hydrogen-bond acceptors (Lipinski definition) is 2. The Morgan fingerprint density at radius 3 is 2.65 bits per heavy atom. The lowest BCUT2D eigenvalue weighted by atomic mass is 9.90. The van der Waals surface area contributed by atoms with Crippen molar-refractivity contribution in [1.29, 1.82) is 5.26 Å². The van der Waals surface area contributed by atoms with Crippen LogP contribution in [0.15, 0.2) is 30.5 Å². The average Bonchev–Trinajstić information content (AvgIpc) is 2.24. The number of nitriles is 1. The molecule has 0 saturated heterocycles. The third-order valence-corrected chi connectivity index (χ3v) is 3.45. The van der Waals surface area contributed by atoms with Gasteiger partial charge < -0.3 is 4.90 Å². The predicted octanol–water partition coefficient (Wildman–Crippen LogP) is 3.76. The molecule has 2 heteroatoms. The molecule has 0 spiro atoms. The van der Waals surface area contributed by atoms with Crippen LogP contribution < -0.4 is 4.90 Å². The molecule has 0 heterocycles. The molecule has 88 valence electrons. The highest BCUT2D eigenvalue weighted by atomic mass is 15.2. The van der Waals surface area contributed by atoms with Crippen molar-refractivity contribution in [3.8, 4) is 6.07 Å². The standard InChI is InChI=1S/C15H18N2/c1-11(2)17(14-5-4-6-14)15-9-13(10-16)8-7-12(15)3/h7-9,14H,1,4-6H2,2-3H3. The Bertz CT molecular complexity index is 478. The molecule has 1 saturated carbocycles. The summed E-state index contributed by atoms with van der Waals surface area (Å²) in [6, 6.07) is 8.64. The van der Waals surface area contributed by atoms with E-state index in [4.69, 9.17) is 5.26 Å². The van der Waals surface area contributed by atoms with Gasteiger partial charge in [-0.15, -0.1) is 0 Å². The highest BCUT2D eigenvalue weighted by molar-refractivity contribution is 5.61. The first-order chi connectivity index (χ1) is 8.13. The maximum absolute atomic E-state index is 8.99. The molecule has 2 rings (SSSR count). The normalized spacial score (nSPS) is 14.9. The smallest absolute Gasteiger partial charge is 0.0992 e. The maximum Gasteiger partial charge on any atom is 0.0992 e. The van der Waals surface area contributed by atoms with Gasteiger partial charge in [-0.1, -0.05) is 12.6 Å². The second-order valence-corrected chi connectivity index (χ2v) is 4.80. The summed E-state index contributed by atoms with van der Waals surface area (Å²) in [6.45, 7) is 8.20. The average molecular weight is 226 g/mol. The molecule has 0 bridgehead atoms. The largest absolute Gasteiger partial charge is 0.343 e. The first kappa shape index (κ1) is 11.7. The molecule has 1 aliphatic rings. The summed E-state index contributed by atoms with van der Waals surface area (Å²) in [5.41, 5.74) is 4.13. The van der Waals surface area contributed by atoms with Gasteiger partial charge in [-0.3, -0.25) is 0 Å². The molecule has 1 fully saturated rings. The Morgan fingerprint density at radius 2 is 2.18 bits per heavy atom. The highest BCUT2D eigenvalue weighted by Crippen LogP contribution is 2.34. The van der Waals surface area contributed by atoms with Gasteiger partial charge in [0.2, 0.25) is 0 Å². The van der Waals surface area contributed by atoms with Gasteiger partial charge in [0.05, 0.1) is 11.6 Å². The Balaban J connectivity index is 2.41. The minimum Gasteiger partial charge on any atom is -0.343 e. The van der Waals surface area contributed by atoms with Crippen LogP contribution in [0.3, 0.4) is 0 Å².